The van der Waals surface area contributed by atoms with Gasteiger partial charge < -0.3 is 19.8 Å². The molecule has 316 valence electrons. The number of phosphoric ester groups is 1. The Morgan fingerprint density at radius 2 is 1.02 bits per heavy atom. The van der Waals surface area contributed by atoms with E-state index < -0.39 is 20.0 Å². The van der Waals surface area contributed by atoms with E-state index in [1.807, 2.05) is 21.1 Å². The van der Waals surface area contributed by atoms with Crippen molar-refractivity contribution in [3.63, 3.8) is 0 Å². The number of aliphatic hydroxyl groups is 1. The molecule has 0 aromatic heterocycles. The largest absolute Gasteiger partial charge is 0.472 e. The van der Waals surface area contributed by atoms with Gasteiger partial charge in [-0.1, -0.05) is 180 Å². The van der Waals surface area contributed by atoms with Crippen LogP contribution in [0.5, 0.6) is 0 Å². The first kappa shape index (κ1) is 52.2. The first-order chi connectivity index (χ1) is 25.5. The molecule has 0 aliphatic carbocycles. The molecule has 0 bridgehead atoms. The fourth-order valence-electron chi connectivity index (χ4n) is 6.63. The first-order valence-corrected chi connectivity index (χ1v) is 24.0. The van der Waals surface area contributed by atoms with Crippen molar-refractivity contribution in [2.24, 2.45) is 0 Å². The van der Waals surface area contributed by atoms with Gasteiger partial charge >= 0.3 is 7.82 Å². The number of quaternary nitrogens is 1. The highest BCUT2D eigenvalue weighted by Gasteiger charge is 2.28. The Morgan fingerprint density at radius 1 is 0.623 bits per heavy atom. The van der Waals surface area contributed by atoms with Crippen LogP contribution in [-0.4, -0.2) is 73.4 Å². The Hall–Kier alpha value is -0.760. The van der Waals surface area contributed by atoms with Crippen LogP contribution in [0, 0.1) is 0 Å². The van der Waals surface area contributed by atoms with Gasteiger partial charge in [0.05, 0.1) is 39.9 Å². The minimum absolute atomic E-state index is 0.0749. The van der Waals surface area contributed by atoms with Gasteiger partial charge in [-0.3, -0.25) is 13.8 Å². The van der Waals surface area contributed by atoms with Gasteiger partial charge in [-0.05, 0) is 38.5 Å². The van der Waals surface area contributed by atoms with Crippen molar-refractivity contribution >= 4 is 13.7 Å². The van der Waals surface area contributed by atoms with E-state index in [0.717, 1.165) is 51.4 Å². The van der Waals surface area contributed by atoms with Gasteiger partial charge in [0.1, 0.15) is 13.2 Å². The van der Waals surface area contributed by atoms with Crippen molar-refractivity contribution in [2.45, 2.75) is 225 Å². The van der Waals surface area contributed by atoms with Crippen molar-refractivity contribution in [3.8, 4) is 0 Å². The van der Waals surface area contributed by atoms with Crippen LogP contribution in [0.3, 0.4) is 0 Å². The lowest BCUT2D eigenvalue weighted by atomic mass is 10.0. The number of unbranched alkanes of at least 4 members (excludes halogenated alkanes) is 26. The van der Waals surface area contributed by atoms with Crippen LogP contribution >= 0.6 is 7.82 Å². The van der Waals surface area contributed by atoms with Crippen molar-refractivity contribution in [2.75, 3.05) is 40.9 Å². The number of amides is 1. The summed E-state index contributed by atoms with van der Waals surface area (Å²) in [5, 5.41) is 14.0. The molecule has 0 heterocycles. The zero-order valence-corrected chi connectivity index (χ0v) is 36.7. The summed E-state index contributed by atoms with van der Waals surface area (Å²) in [5.41, 5.74) is 0. The summed E-state index contributed by atoms with van der Waals surface area (Å²) in [6.45, 7) is 4.88. The highest BCUT2D eigenvalue weighted by molar-refractivity contribution is 7.47. The van der Waals surface area contributed by atoms with Gasteiger partial charge in [-0.15, -0.1) is 0 Å². The van der Waals surface area contributed by atoms with E-state index in [9.17, 15) is 19.4 Å². The van der Waals surface area contributed by atoms with E-state index >= 15 is 0 Å². The monoisotopic (exact) mass is 774 g/mol. The SMILES string of the molecule is CCCCCCC/C=C\CCCCCCCC(=O)NC(COP(=O)(O)OCC[N+](C)(C)C)C(O)CCCCCCCCCCCCCCCCCCC. The number of hydrogen-bond acceptors (Lipinski definition) is 5. The third kappa shape index (κ3) is 39.3. The summed E-state index contributed by atoms with van der Waals surface area (Å²) in [6.07, 6.45) is 40.9. The topological polar surface area (TPSA) is 105 Å². The average molecular weight is 774 g/mol. The minimum Gasteiger partial charge on any atom is -0.391 e. The van der Waals surface area contributed by atoms with Crippen LogP contribution in [0.4, 0.5) is 0 Å². The lowest BCUT2D eigenvalue weighted by Gasteiger charge is -2.26. The van der Waals surface area contributed by atoms with Crippen LogP contribution in [0.25, 0.3) is 0 Å². The van der Waals surface area contributed by atoms with Crippen LogP contribution in [0.15, 0.2) is 12.2 Å². The number of hydrogen-bond donors (Lipinski definition) is 3. The van der Waals surface area contributed by atoms with Crippen LogP contribution < -0.4 is 5.32 Å². The molecule has 53 heavy (non-hydrogen) atoms. The fraction of sp³-hybridized carbons (Fsp3) is 0.932. The lowest BCUT2D eigenvalue weighted by Crippen LogP contribution is -2.46. The van der Waals surface area contributed by atoms with Crippen LogP contribution in [-0.2, 0) is 18.4 Å². The van der Waals surface area contributed by atoms with Gasteiger partial charge in [0.15, 0.2) is 0 Å². The summed E-state index contributed by atoms with van der Waals surface area (Å²) < 4.78 is 23.6. The number of rotatable bonds is 41. The number of carbonyl (C=O) groups is 1. The second kappa shape index (κ2) is 36.9. The summed E-state index contributed by atoms with van der Waals surface area (Å²) in [4.78, 5) is 23.1. The van der Waals surface area contributed by atoms with Gasteiger partial charge in [0, 0.05) is 6.42 Å². The van der Waals surface area contributed by atoms with Gasteiger partial charge in [-0.25, -0.2) is 4.57 Å². The predicted octanol–water partition coefficient (Wildman–Crippen LogP) is 12.4. The molecule has 1 amide bonds. The second-order valence-electron chi connectivity index (χ2n) is 16.8. The molecule has 9 heteroatoms. The maximum absolute atomic E-state index is 12.9. The van der Waals surface area contributed by atoms with Gasteiger partial charge in [-0.2, -0.15) is 0 Å². The number of aliphatic hydroxyl groups excluding tert-OH is 1. The quantitative estimate of drug-likeness (QED) is 0.0247. The summed E-state index contributed by atoms with van der Waals surface area (Å²) in [6, 6.07) is -0.760. The number of nitrogens with one attached hydrogen (secondary N) is 1. The van der Waals surface area contributed by atoms with E-state index in [1.165, 1.54) is 135 Å². The first-order valence-electron chi connectivity index (χ1n) is 22.6. The Labute approximate surface area is 329 Å². The lowest BCUT2D eigenvalue weighted by molar-refractivity contribution is -0.870. The smallest absolute Gasteiger partial charge is 0.391 e. The standard InChI is InChI=1S/C44H89N2O6P/c1-6-8-10-12-14-16-18-20-22-23-24-25-27-29-31-33-35-37-43(47)42(41-52-53(49,50)51-40-39-46(3,4)5)45-44(48)38-36-34-32-30-28-26-21-19-17-15-13-11-9-7-2/h19,21,42-43,47H,6-18,20,22-41H2,1-5H3,(H-,45,48,49,50)/p+1/b21-19-. The average Bonchev–Trinajstić information content (AvgIpc) is 3.10. The zero-order valence-electron chi connectivity index (χ0n) is 35.8. The summed E-state index contributed by atoms with van der Waals surface area (Å²) in [5.74, 6) is -0.152. The Kier molecular flexibility index (Phi) is 36.3. The van der Waals surface area contributed by atoms with E-state index in [2.05, 4.69) is 31.3 Å². The highest BCUT2D eigenvalue weighted by Crippen LogP contribution is 2.43. The molecule has 0 rings (SSSR count). The Bertz CT molecular complexity index is 880. The molecular formula is C44H90N2O6P+. The van der Waals surface area contributed by atoms with E-state index in [0.29, 0.717) is 23.9 Å². The van der Waals surface area contributed by atoms with Gasteiger partial charge in [0.2, 0.25) is 5.91 Å². The molecule has 3 atom stereocenters. The molecule has 0 spiro atoms. The van der Waals surface area contributed by atoms with Gasteiger partial charge in [0.25, 0.3) is 0 Å². The van der Waals surface area contributed by atoms with E-state index in [-0.39, 0.29) is 19.1 Å². The van der Waals surface area contributed by atoms with Crippen LogP contribution in [0.2, 0.25) is 0 Å². The number of phosphoric acid groups is 1. The number of allylic oxidation sites excluding steroid dienone is 2. The molecule has 3 N–H and O–H groups in total. The summed E-state index contributed by atoms with van der Waals surface area (Å²) in [7, 11) is 1.62. The van der Waals surface area contributed by atoms with Crippen LogP contribution in [0.1, 0.15) is 213 Å². The molecule has 0 fully saturated rings. The fourth-order valence-corrected chi connectivity index (χ4v) is 7.36. The molecule has 8 nitrogen and oxygen atoms in total. The third-order valence-corrected chi connectivity index (χ3v) is 11.2. The third-order valence-electron chi connectivity index (χ3n) is 10.3. The molecule has 0 radical (unpaired) electrons. The molecule has 0 aromatic rings. The molecule has 0 saturated carbocycles. The van der Waals surface area contributed by atoms with E-state index in [4.69, 9.17) is 9.05 Å². The molecule has 3 unspecified atom stereocenters. The predicted molar refractivity (Wildman–Crippen MR) is 226 cm³/mol. The highest BCUT2D eigenvalue weighted by atomic mass is 31.2. The maximum atomic E-state index is 12.9. The zero-order chi connectivity index (χ0) is 39.3. The van der Waals surface area contributed by atoms with Crippen molar-refractivity contribution in [1.82, 2.24) is 5.32 Å². The number of carbonyl (C=O) groups excluding carboxylic acids is 1. The maximum Gasteiger partial charge on any atom is 0.472 e. The Morgan fingerprint density at radius 3 is 1.45 bits per heavy atom. The number of nitrogens with zero attached hydrogens (tertiary/aromatic N) is 1. The molecule has 0 saturated heterocycles. The van der Waals surface area contributed by atoms with Crippen molar-refractivity contribution < 1.29 is 32.9 Å². The number of likely N-dealkylation sites (N-methyl/N-ethyl adjacent to an activating group) is 1. The second-order valence-corrected chi connectivity index (χ2v) is 18.2. The minimum atomic E-state index is -4.31. The normalized spacial score (nSPS) is 14.5. The summed E-state index contributed by atoms with van der Waals surface area (Å²) >= 11 is 0. The van der Waals surface area contributed by atoms with E-state index in [1.54, 1.807) is 0 Å². The molecule has 0 aromatic carbocycles. The molecule has 0 aliphatic rings. The molecule has 0 aliphatic heterocycles. The van der Waals surface area contributed by atoms with Crippen molar-refractivity contribution in [1.29, 1.82) is 0 Å². The Balaban J connectivity index is 4.35. The molecular weight excluding hydrogens is 683 g/mol. The van der Waals surface area contributed by atoms with Crippen molar-refractivity contribution in [3.05, 3.63) is 12.2 Å².